The first-order valence-corrected chi connectivity index (χ1v) is 8.68. The van der Waals surface area contributed by atoms with Crippen LogP contribution in [0.3, 0.4) is 0 Å². The van der Waals surface area contributed by atoms with Crippen molar-refractivity contribution in [2.75, 3.05) is 26.4 Å². The van der Waals surface area contributed by atoms with Gasteiger partial charge in [-0.15, -0.1) is 0 Å². The zero-order valence-corrected chi connectivity index (χ0v) is 13.5. The standard InChI is InChI=1S/C13H18F3N3O4S/c14-13(15,16)9-19-24(20,21)18-5-11-1-3-17-6-12(11)23-8-10-2-4-22-7-10/h1,3,6,10,18-19H,2,4-5,7-9H2. The molecule has 0 saturated carbocycles. The van der Waals surface area contributed by atoms with E-state index < -0.39 is 22.9 Å². The minimum atomic E-state index is -4.62. The van der Waals surface area contributed by atoms with E-state index >= 15 is 0 Å². The van der Waals surface area contributed by atoms with Crippen LogP contribution in [0.2, 0.25) is 0 Å². The highest BCUT2D eigenvalue weighted by molar-refractivity contribution is 7.87. The summed E-state index contributed by atoms with van der Waals surface area (Å²) in [5, 5.41) is 0. The second-order valence-corrected chi connectivity index (χ2v) is 6.87. The number of aromatic nitrogens is 1. The highest BCUT2D eigenvalue weighted by atomic mass is 32.2. The van der Waals surface area contributed by atoms with E-state index in [-0.39, 0.29) is 12.5 Å². The first-order valence-electron chi connectivity index (χ1n) is 7.19. The van der Waals surface area contributed by atoms with Gasteiger partial charge in [0.2, 0.25) is 0 Å². The number of rotatable bonds is 8. The molecular formula is C13H18F3N3O4S. The molecule has 0 amide bonds. The molecule has 0 aromatic carbocycles. The van der Waals surface area contributed by atoms with Crippen LogP contribution < -0.4 is 14.2 Å². The topological polar surface area (TPSA) is 89.6 Å². The highest BCUT2D eigenvalue weighted by Gasteiger charge is 2.29. The molecule has 2 N–H and O–H groups in total. The second-order valence-electron chi connectivity index (χ2n) is 5.28. The molecule has 7 nitrogen and oxygen atoms in total. The summed E-state index contributed by atoms with van der Waals surface area (Å²) in [6, 6.07) is 1.53. The fourth-order valence-corrected chi connectivity index (χ4v) is 2.81. The lowest BCUT2D eigenvalue weighted by Gasteiger charge is -2.14. The summed E-state index contributed by atoms with van der Waals surface area (Å²) in [5.41, 5.74) is 0.473. The van der Waals surface area contributed by atoms with Crippen LogP contribution in [-0.4, -0.2) is 45.9 Å². The third kappa shape index (κ3) is 6.59. The van der Waals surface area contributed by atoms with E-state index in [1.165, 1.54) is 23.2 Å². The number of nitrogens with one attached hydrogen (secondary N) is 2. The van der Waals surface area contributed by atoms with Crippen molar-refractivity contribution in [1.82, 2.24) is 14.4 Å². The van der Waals surface area contributed by atoms with Gasteiger partial charge < -0.3 is 9.47 Å². The van der Waals surface area contributed by atoms with Crippen LogP contribution >= 0.6 is 0 Å². The Labute approximate surface area is 137 Å². The molecule has 1 unspecified atom stereocenters. The van der Waals surface area contributed by atoms with Gasteiger partial charge in [0, 0.05) is 30.8 Å². The van der Waals surface area contributed by atoms with Gasteiger partial charge in [-0.1, -0.05) is 0 Å². The van der Waals surface area contributed by atoms with Gasteiger partial charge in [0.15, 0.2) is 0 Å². The summed E-state index contributed by atoms with van der Waals surface area (Å²) >= 11 is 0. The molecule has 1 aromatic heterocycles. The van der Waals surface area contributed by atoms with Crippen molar-refractivity contribution in [2.45, 2.75) is 19.1 Å². The summed E-state index contributed by atoms with van der Waals surface area (Å²) in [4.78, 5) is 3.91. The Hall–Kier alpha value is -1.43. The summed E-state index contributed by atoms with van der Waals surface area (Å²) in [7, 11) is -4.28. The summed E-state index contributed by atoms with van der Waals surface area (Å²) < 4.78 is 73.6. The first kappa shape index (κ1) is 18.9. The van der Waals surface area contributed by atoms with Crippen molar-refractivity contribution in [3.05, 3.63) is 24.0 Å². The molecule has 24 heavy (non-hydrogen) atoms. The third-order valence-corrected chi connectivity index (χ3v) is 4.33. The normalized spacial score (nSPS) is 18.7. The molecule has 1 fully saturated rings. The number of hydrogen-bond donors (Lipinski definition) is 2. The lowest BCUT2D eigenvalue weighted by atomic mass is 10.1. The van der Waals surface area contributed by atoms with Crippen LogP contribution in [0.15, 0.2) is 18.5 Å². The van der Waals surface area contributed by atoms with E-state index in [1.54, 1.807) is 0 Å². The molecule has 1 aromatic rings. The van der Waals surface area contributed by atoms with E-state index in [0.717, 1.165) is 6.42 Å². The maximum absolute atomic E-state index is 12.1. The molecule has 1 aliphatic heterocycles. The van der Waals surface area contributed by atoms with Crippen LogP contribution in [0.1, 0.15) is 12.0 Å². The lowest BCUT2D eigenvalue weighted by Crippen LogP contribution is -2.41. The summed E-state index contributed by atoms with van der Waals surface area (Å²) in [5.74, 6) is 0.631. The Morgan fingerprint density at radius 2 is 2.17 bits per heavy atom. The Bertz CT molecular complexity index is 634. The van der Waals surface area contributed by atoms with Crippen molar-refractivity contribution in [3.8, 4) is 5.75 Å². The number of halogens is 3. The van der Waals surface area contributed by atoms with Crippen molar-refractivity contribution in [1.29, 1.82) is 0 Å². The van der Waals surface area contributed by atoms with Crippen LogP contribution in [0.4, 0.5) is 13.2 Å². The van der Waals surface area contributed by atoms with Gasteiger partial charge >= 0.3 is 6.18 Å². The number of hydrogen-bond acceptors (Lipinski definition) is 5. The van der Waals surface area contributed by atoms with Crippen LogP contribution in [0.5, 0.6) is 5.75 Å². The van der Waals surface area contributed by atoms with Crippen LogP contribution in [0, 0.1) is 5.92 Å². The maximum atomic E-state index is 12.1. The molecule has 1 atom stereocenters. The van der Waals surface area contributed by atoms with Gasteiger partial charge in [0.1, 0.15) is 12.3 Å². The molecule has 0 bridgehead atoms. The van der Waals surface area contributed by atoms with Crippen LogP contribution in [0.25, 0.3) is 0 Å². The predicted octanol–water partition coefficient (Wildman–Crippen LogP) is 0.983. The molecule has 0 aliphatic carbocycles. The number of ether oxygens (including phenoxy) is 2. The molecule has 11 heteroatoms. The number of pyridine rings is 1. The third-order valence-electron chi connectivity index (χ3n) is 3.28. The van der Waals surface area contributed by atoms with Gasteiger partial charge in [-0.05, 0) is 12.5 Å². The Balaban J connectivity index is 1.89. The Kier molecular flexibility index (Phi) is 6.38. The van der Waals surface area contributed by atoms with E-state index in [9.17, 15) is 21.6 Å². The Morgan fingerprint density at radius 3 is 2.83 bits per heavy atom. The molecule has 1 saturated heterocycles. The highest BCUT2D eigenvalue weighted by Crippen LogP contribution is 2.20. The Morgan fingerprint density at radius 1 is 1.38 bits per heavy atom. The minimum absolute atomic E-state index is 0.216. The van der Waals surface area contributed by atoms with Gasteiger partial charge in [-0.3, -0.25) is 4.98 Å². The predicted molar refractivity (Wildman–Crippen MR) is 78.5 cm³/mol. The van der Waals surface area contributed by atoms with Crippen molar-refractivity contribution in [3.63, 3.8) is 0 Å². The van der Waals surface area contributed by atoms with Gasteiger partial charge in [-0.2, -0.15) is 31.0 Å². The molecule has 1 aliphatic rings. The minimum Gasteiger partial charge on any atom is -0.491 e. The van der Waals surface area contributed by atoms with Crippen molar-refractivity contribution in [2.24, 2.45) is 5.92 Å². The molecule has 0 radical (unpaired) electrons. The van der Waals surface area contributed by atoms with E-state index in [1.807, 2.05) is 4.72 Å². The average molecular weight is 369 g/mol. The first-order chi connectivity index (χ1) is 11.3. The SMILES string of the molecule is O=S(=O)(NCc1ccncc1OCC1CCOC1)NCC(F)(F)F. The monoisotopic (exact) mass is 369 g/mol. The number of nitrogens with zero attached hydrogens (tertiary/aromatic N) is 1. The summed E-state index contributed by atoms with van der Waals surface area (Å²) in [6.07, 6.45) is -0.868. The largest absolute Gasteiger partial charge is 0.491 e. The van der Waals surface area contributed by atoms with E-state index in [4.69, 9.17) is 9.47 Å². The van der Waals surface area contributed by atoms with Gasteiger partial charge in [0.05, 0.1) is 19.4 Å². The van der Waals surface area contributed by atoms with E-state index in [0.29, 0.717) is 31.1 Å². The smallest absolute Gasteiger partial charge is 0.402 e. The fourth-order valence-electron chi connectivity index (χ4n) is 2.01. The molecule has 0 spiro atoms. The molecular weight excluding hydrogens is 351 g/mol. The van der Waals surface area contributed by atoms with Gasteiger partial charge in [-0.25, -0.2) is 0 Å². The maximum Gasteiger partial charge on any atom is 0.402 e. The summed E-state index contributed by atoms with van der Waals surface area (Å²) in [6.45, 7) is -0.171. The van der Waals surface area contributed by atoms with Crippen molar-refractivity contribution >= 4 is 10.2 Å². The quantitative estimate of drug-likeness (QED) is 0.713. The molecule has 136 valence electrons. The van der Waals surface area contributed by atoms with Crippen molar-refractivity contribution < 1.29 is 31.1 Å². The van der Waals surface area contributed by atoms with Gasteiger partial charge in [0.25, 0.3) is 10.2 Å². The zero-order valence-electron chi connectivity index (χ0n) is 12.7. The lowest BCUT2D eigenvalue weighted by molar-refractivity contribution is -0.121. The van der Waals surface area contributed by atoms with E-state index in [2.05, 4.69) is 4.98 Å². The molecule has 2 rings (SSSR count). The van der Waals surface area contributed by atoms with Crippen LogP contribution in [-0.2, 0) is 21.5 Å². The fraction of sp³-hybridized carbons (Fsp3) is 0.615. The number of alkyl halides is 3. The second kappa shape index (κ2) is 8.10. The zero-order chi connectivity index (χ0) is 17.6. The average Bonchev–Trinajstić information content (AvgIpc) is 3.03. The molecule has 2 heterocycles.